The Labute approximate surface area is 173 Å². The number of nitrogens with one attached hydrogen (secondary N) is 4. The third kappa shape index (κ3) is 5.70. The van der Waals surface area contributed by atoms with Gasteiger partial charge in [-0.1, -0.05) is 0 Å². The van der Waals surface area contributed by atoms with Crippen LogP contribution in [0.25, 0.3) is 0 Å². The molecule has 2 amide bonds. The van der Waals surface area contributed by atoms with Crippen molar-refractivity contribution in [1.82, 2.24) is 14.5 Å². The third-order valence-electron chi connectivity index (χ3n) is 4.15. The minimum atomic E-state index is -0.403. The summed E-state index contributed by atoms with van der Waals surface area (Å²) in [4.78, 5) is 28.9. The van der Waals surface area contributed by atoms with Crippen molar-refractivity contribution in [3.05, 3.63) is 35.9 Å². The highest BCUT2D eigenvalue weighted by molar-refractivity contribution is 6.38. The van der Waals surface area contributed by atoms with Crippen molar-refractivity contribution in [2.24, 2.45) is 36.3 Å². The molecule has 2 rings (SSSR count). The first-order valence-corrected chi connectivity index (χ1v) is 9.02. The Morgan fingerprint density at radius 2 is 1.67 bits per heavy atom. The minimum Gasteiger partial charge on any atom is -0.388 e. The first kappa shape index (κ1) is 22.2. The first-order valence-electron chi connectivity index (χ1n) is 9.02. The van der Waals surface area contributed by atoms with Crippen molar-refractivity contribution in [3.8, 4) is 0 Å². The van der Waals surface area contributed by atoms with E-state index in [1.54, 1.807) is 41.7 Å². The normalized spacial score (nSPS) is 11.2. The van der Waals surface area contributed by atoms with Crippen LogP contribution in [0.3, 0.4) is 0 Å². The number of hydrogen-bond acceptors (Lipinski definition) is 5. The molecule has 0 spiro atoms. The van der Waals surface area contributed by atoms with Crippen LogP contribution >= 0.6 is 0 Å². The zero-order chi connectivity index (χ0) is 22.4. The lowest BCUT2D eigenvalue weighted by atomic mass is 10.3. The zero-order valence-corrected chi connectivity index (χ0v) is 16.8. The molecule has 2 aromatic heterocycles. The molecule has 10 N–H and O–H groups in total. The molecule has 0 aliphatic carbocycles. The molecule has 0 atom stereocenters. The van der Waals surface area contributed by atoms with Crippen LogP contribution in [0.1, 0.15) is 33.8 Å². The van der Waals surface area contributed by atoms with E-state index < -0.39 is 5.91 Å². The van der Waals surface area contributed by atoms with Crippen LogP contribution in [0.5, 0.6) is 0 Å². The summed E-state index contributed by atoms with van der Waals surface area (Å²) in [5.41, 5.74) is 17.6. The summed E-state index contributed by atoms with van der Waals surface area (Å²) >= 11 is 0. The van der Waals surface area contributed by atoms with Crippen molar-refractivity contribution in [2.75, 3.05) is 11.9 Å². The molecule has 0 aliphatic rings. The number of carbonyl (C=O) groups excluding carboxylic acids is 2. The van der Waals surface area contributed by atoms with Gasteiger partial charge < -0.3 is 37.0 Å². The molecule has 0 aliphatic heterocycles. The lowest BCUT2D eigenvalue weighted by Gasteiger charge is -2.05. The minimum absolute atomic E-state index is 0.0756. The van der Waals surface area contributed by atoms with Gasteiger partial charge in [-0.15, -0.1) is 0 Å². The van der Waals surface area contributed by atoms with Crippen LogP contribution in [0, 0.1) is 10.8 Å². The number of anilines is 1. The van der Waals surface area contributed by atoms with Gasteiger partial charge in [-0.2, -0.15) is 0 Å². The second-order valence-corrected chi connectivity index (χ2v) is 6.67. The van der Waals surface area contributed by atoms with E-state index in [2.05, 4.69) is 15.6 Å². The average molecular weight is 414 g/mol. The van der Waals surface area contributed by atoms with Gasteiger partial charge in [0.1, 0.15) is 11.4 Å². The van der Waals surface area contributed by atoms with Gasteiger partial charge in [0, 0.05) is 39.5 Å². The Balaban J connectivity index is 2.06. The van der Waals surface area contributed by atoms with Gasteiger partial charge in [0.2, 0.25) is 0 Å². The van der Waals surface area contributed by atoms with Gasteiger partial charge in [-0.05, 0) is 18.6 Å². The molecule has 12 nitrogen and oxygen atoms in total. The average Bonchev–Trinajstić information content (AvgIpc) is 3.20. The number of carbonyl (C=O) groups is 2. The Morgan fingerprint density at radius 3 is 2.30 bits per heavy atom. The van der Waals surface area contributed by atoms with Crippen molar-refractivity contribution in [2.45, 2.75) is 12.8 Å². The summed E-state index contributed by atoms with van der Waals surface area (Å²) in [7, 11) is 3.36. The standard InChI is InChI=1S/C18H26N10O2/c1-27-9-11(7-12(27)17(29)24-5-3-4-14(19)20)26-18(30)13-6-10(8-28(13)2)25-16(23)15(21)22/h6-9H,3-5H2,1-2H3,(H3,19,20)(H3,21,22)(H2,23,25)(H,24,29)(H,26,30). The van der Waals surface area contributed by atoms with Crippen LogP contribution in [0.2, 0.25) is 0 Å². The fourth-order valence-corrected chi connectivity index (χ4v) is 2.66. The van der Waals surface area contributed by atoms with Crippen molar-refractivity contribution in [3.63, 3.8) is 0 Å². The highest BCUT2D eigenvalue weighted by Gasteiger charge is 2.16. The van der Waals surface area contributed by atoms with Gasteiger partial charge in [0.05, 0.1) is 17.2 Å². The smallest absolute Gasteiger partial charge is 0.272 e. The van der Waals surface area contributed by atoms with Gasteiger partial charge in [0.15, 0.2) is 11.7 Å². The maximum Gasteiger partial charge on any atom is 0.272 e. The predicted octanol–water partition coefficient (Wildman–Crippen LogP) is -0.0135. The van der Waals surface area contributed by atoms with E-state index in [0.29, 0.717) is 42.1 Å². The molecule has 2 heterocycles. The largest absolute Gasteiger partial charge is 0.388 e. The Morgan fingerprint density at radius 1 is 1.03 bits per heavy atom. The number of aromatic nitrogens is 2. The molecule has 12 heteroatoms. The summed E-state index contributed by atoms with van der Waals surface area (Å²) < 4.78 is 3.16. The third-order valence-corrected chi connectivity index (χ3v) is 4.15. The summed E-state index contributed by atoms with van der Waals surface area (Å²) in [6, 6.07) is 3.07. The molecule has 0 bridgehead atoms. The molecule has 0 aromatic carbocycles. The number of rotatable bonds is 8. The van der Waals surface area contributed by atoms with E-state index in [4.69, 9.17) is 28.0 Å². The summed E-state index contributed by atoms with van der Waals surface area (Å²) in [6.07, 6.45) is 4.19. The molecule has 0 radical (unpaired) electrons. The lowest BCUT2D eigenvalue weighted by Crippen LogP contribution is -2.29. The zero-order valence-electron chi connectivity index (χ0n) is 16.8. The highest BCUT2D eigenvalue weighted by atomic mass is 16.2. The van der Waals surface area contributed by atoms with Gasteiger partial charge in [-0.25, -0.2) is 4.99 Å². The van der Waals surface area contributed by atoms with E-state index in [1.807, 2.05) is 0 Å². The van der Waals surface area contributed by atoms with Crippen molar-refractivity contribution in [1.29, 1.82) is 10.8 Å². The first-order chi connectivity index (χ1) is 14.1. The summed E-state index contributed by atoms with van der Waals surface area (Å²) in [6.45, 7) is 0.390. The fourth-order valence-electron chi connectivity index (χ4n) is 2.66. The van der Waals surface area contributed by atoms with Crippen LogP contribution in [-0.4, -0.2) is 45.0 Å². The maximum absolute atomic E-state index is 12.6. The second-order valence-electron chi connectivity index (χ2n) is 6.67. The molecule has 30 heavy (non-hydrogen) atoms. The molecule has 2 aromatic rings. The number of amides is 2. The molecule has 0 saturated heterocycles. The molecular weight excluding hydrogens is 388 g/mol. The molecule has 0 unspecified atom stereocenters. The second kappa shape index (κ2) is 9.41. The number of nitrogens with zero attached hydrogens (tertiary/aromatic N) is 3. The van der Waals surface area contributed by atoms with E-state index in [9.17, 15) is 9.59 Å². The monoisotopic (exact) mass is 414 g/mol. The van der Waals surface area contributed by atoms with E-state index in [1.165, 1.54) is 6.07 Å². The molecular formula is C18H26N10O2. The van der Waals surface area contributed by atoms with Crippen LogP contribution in [-0.2, 0) is 14.1 Å². The summed E-state index contributed by atoms with van der Waals surface area (Å²) in [5.74, 6) is -1.13. The SMILES string of the molecule is Cn1cc(NC(=O)c2cc(N=C(N)C(=N)N)cn2C)cc1C(=O)NCCCC(=N)N. The quantitative estimate of drug-likeness (QED) is 0.180. The van der Waals surface area contributed by atoms with E-state index in [-0.39, 0.29) is 23.4 Å². The summed E-state index contributed by atoms with van der Waals surface area (Å²) in [5, 5.41) is 19.9. The van der Waals surface area contributed by atoms with E-state index in [0.717, 1.165) is 0 Å². The molecule has 0 saturated carbocycles. The van der Waals surface area contributed by atoms with E-state index >= 15 is 0 Å². The number of amidine groups is 3. The number of aliphatic imine (C=N–C) groups is 1. The lowest BCUT2D eigenvalue weighted by molar-refractivity contribution is 0.0944. The number of aryl methyl sites for hydroxylation is 2. The van der Waals surface area contributed by atoms with Crippen LogP contribution in [0.4, 0.5) is 11.4 Å². The Bertz CT molecular complexity index is 1010. The Hall–Kier alpha value is -4.09. The van der Waals surface area contributed by atoms with Gasteiger partial charge >= 0.3 is 0 Å². The molecule has 0 fully saturated rings. The van der Waals surface area contributed by atoms with Gasteiger partial charge in [0.25, 0.3) is 11.8 Å². The van der Waals surface area contributed by atoms with Gasteiger partial charge in [-0.3, -0.25) is 20.4 Å². The van der Waals surface area contributed by atoms with Crippen molar-refractivity contribution < 1.29 is 9.59 Å². The Kier molecular flexibility index (Phi) is 6.96. The predicted molar refractivity (Wildman–Crippen MR) is 115 cm³/mol. The van der Waals surface area contributed by atoms with Crippen LogP contribution < -0.4 is 27.8 Å². The van der Waals surface area contributed by atoms with Crippen molar-refractivity contribution >= 4 is 40.7 Å². The highest BCUT2D eigenvalue weighted by Crippen LogP contribution is 2.19. The maximum atomic E-state index is 12.6. The number of hydrogen-bond donors (Lipinski definition) is 7. The molecule has 160 valence electrons. The topological polar surface area (TPSA) is 206 Å². The fraction of sp³-hybridized carbons (Fsp3) is 0.278. The number of nitrogens with two attached hydrogens (primary N) is 3. The van der Waals surface area contributed by atoms with Crippen LogP contribution in [0.15, 0.2) is 29.5 Å².